The normalized spacial score (nSPS) is 10.2. The highest BCUT2D eigenvalue weighted by Crippen LogP contribution is 2.29. The van der Waals surface area contributed by atoms with E-state index in [1.165, 1.54) is 0 Å². The first kappa shape index (κ1) is 12.7. The second-order valence-electron chi connectivity index (χ2n) is 3.49. The minimum atomic E-state index is -0.919. The number of carbonyl (C=O) groups excluding carboxylic acids is 1. The molecule has 2 rings (SSSR count). The van der Waals surface area contributed by atoms with Gasteiger partial charge < -0.3 is 4.74 Å². The van der Waals surface area contributed by atoms with Gasteiger partial charge in [0, 0.05) is 10.0 Å². The third kappa shape index (κ3) is 2.73. The first-order chi connectivity index (χ1) is 8.60. The van der Waals surface area contributed by atoms with Crippen LogP contribution >= 0.6 is 15.9 Å². The molecule has 0 spiro atoms. The lowest BCUT2D eigenvalue weighted by Crippen LogP contribution is -1.95. The van der Waals surface area contributed by atoms with E-state index in [4.69, 9.17) is 4.74 Å². The summed E-state index contributed by atoms with van der Waals surface area (Å²) in [5.41, 5.74) is -0.0772. The molecule has 0 aliphatic carbocycles. The van der Waals surface area contributed by atoms with Gasteiger partial charge in [0.25, 0.3) is 0 Å². The van der Waals surface area contributed by atoms with Gasteiger partial charge in [-0.2, -0.15) is 0 Å². The first-order valence-electron chi connectivity index (χ1n) is 4.98. The van der Waals surface area contributed by atoms with Crippen LogP contribution in [0.25, 0.3) is 0 Å². The largest absolute Gasteiger partial charge is 0.451 e. The van der Waals surface area contributed by atoms with E-state index in [0.29, 0.717) is 12.0 Å². The molecule has 0 N–H and O–H groups in total. The van der Waals surface area contributed by atoms with Crippen molar-refractivity contribution >= 4 is 22.2 Å². The zero-order chi connectivity index (χ0) is 13.1. The average Bonchev–Trinajstić information content (AvgIpc) is 2.33. The highest BCUT2D eigenvalue weighted by molar-refractivity contribution is 9.10. The van der Waals surface area contributed by atoms with Crippen molar-refractivity contribution in [2.45, 2.75) is 0 Å². The maximum atomic E-state index is 13.5. The molecule has 0 fully saturated rings. The maximum Gasteiger partial charge on any atom is 0.198 e. The minimum Gasteiger partial charge on any atom is -0.451 e. The molecule has 0 bridgehead atoms. The molecular weight excluding hydrogens is 306 g/mol. The highest BCUT2D eigenvalue weighted by atomic mass is 79.9. The van der Waals surface area contributed by atoms with Gasteiger partial charge in [-0.25, -0.2) is 8.78 Å². The van der Waals surface area contributed by atoms with E-state index in [9.17, 15) is 13.6 Å². The van der Waals surface area contributed by atoms with Crippen LogP contribution in [0.5, 0.6) is 11.5 Å². The zero-order valence-corrected chi connectivity index (χ0v) is 10.6. The second-order valence-corrected chi connectivity index (χ2v) is 4.41. The van der Waals surface area contributed by atoms with Crippen LogP contribution in [0.1, 0.15) is 10.4 Å². The predicted octanol–water partition coefficient (Wildman–Crippen LogP) is 4.33. The summed E-state index contributed by atoms with van der Waals surface area (Å²) in [6.45, 7) is 0. The van der Waals surface area contributed by atoms with E-state index in [2.05, 4.69) is 15.9 Å². The van der Waals surface area contributed by atoms with E-state index >= 15 is 0 Å². The fourth-order valence-corrected chi connectivity index (χ4v) is 1.77. The lowest BCUT2D eigenvalue weighted by molar-refractivity contribution is 0.112. The topological polar surface area (TPSA) is 26.3 Å². The van der Waals surface area contributed by atoms with Crippen LogP contribution in [0.3, 0.4) is 0 Å². The minimum absolute atomic E-state index is 0.0772. The van der Waals surface area contributed by atoms with Crippen LogP contribution in [0.4, 0.5) is 8.78 Å². The molecule has 0 amide bonds. The Morgan fingerprint density at radius 2 is 1.78 bits per heavy atom. The summed E-state index contributed by atoms with van der Waals surface area (Å²) in [5, 5.41) is 0. The zero-order valence-electron chi connectivity index (χ0n) is 8.99. The molecule has 2 aromatic carbocycles. The van der Waals surface area contributed by atoms with Gasteiger partial charge in [0.05, 0.1) is 0 Å². The van der Waals surface area contributed by atoms with Gasteiger partial charge in [-0.1, -0.05) is 22.0 Å². The van der Waals surface area contributed by atoms with Gasteiger partial charge in [0.2, 0.25) is 0 Å². The third-order valence-corrected chi connectivity index (χ3v) is 2.67. The molecule has 0 atom stereocenters. The number of carbonyl (C=O) groups is 1. The van der Waals surface area contributed by atoms with Crippen molar-refractivity contribution in [1.82, 2.24) is 0 Å². The van der Waals surface area contributed by atoms with E-state index in [1.54, 1.807) is 24.3 Å². The van der Waals surface area contributed by atoms with Gasteiger partial charge in [0.15, 0.2) is 17.4 Å². The van der Waals surface area contributed by atoms with E-state index < -0.39 is 17.4 Å². The van der Waals surface area contributed by atoms with Crippen molar-refractivity contribution in [2.24, 2.45) is 0 Å². The van der Waals surface area contributed by atoms with Crippen molar-refractivity contribution in [3.05, 3.63) is 58.1 Å². The number of rotatable bonds is 3. The monoisotopic (exact) mass is 312 g/mol. The van der Waals surface area contributed by atoms with Gasteiger partial charge in [0.1, 0.15) is 12.0 Å². The number of hydrogen-bond donors (Lipinski definition) is 0. The summed E-state index contributed by atoms with van der Waals surface area (Å²) in [4.78, 5) is 10.4. The molecule has 0 saturated carbocycles. The lowest BCUT2D eigenvalue weighted by atomic mass is 10.2. The van der Waals surface area contributed by atoms with Crippen molar-refractivity contribution in [3.63, 3.8) is 0 Å². The van der Waals surface area contributed by atoms with Gasteiger partial charge in [-0.15, -0.1) is 0 Å². The smallest absolute Gasteiger partial charge is 0.198 e. The maximum absolute atomic E-state index is 13.5. The predicted molar refractivity (Wildman–Crippen MR) is 66.0 cm³/mol. The Labute approximate surface area is 110 Å². The molecule has 0 unspecified atom stereocenters. The molecule has 2 nitrogen and oxygen atoms in total. The molecule has 92 valence electrons. The molecule has 0 aromatic heterocycles. The van der Waals surface area contributed by atoms with E-state index in [0.717, 1.165) is 16.6 Å². The SMILES string of the molecule is O=Cc1cc(F)c(Oc2cccc(Br)c2)c(F)c1. The molecule has 2 aromatic rings. The molecule has 5 heteroatoms. The van der Waals surface area contributed by atoms with Crippen molar-refractivity contribution < 1.29 is 18.3 Å². The Bertz CT molecular complexity index is 576. The van der Waals surface area contributed by atoms with Gasteiger partial charge in [-0.05, 0) is 30.3 Å². The number of ether oxygens (including phenoxy) is 1. The Kier molecular flexibility index (Phi) is 3.72. The van der Waals surface area contributed by atoms with E-state index in [-0.39, 0.29) is 5.56 Å². The third-order valence-electron chi connectivity index (χ3n) is 2.17. The Balaban J connectivity index is 2.37. The summed E-state index contributed by atoms with van der Waals surface area (Å²) >= 11 is 3.22. The molecule has 0 heterocycles. The quantitative estimate of drug-likeness (QED) is 0.788. The molecule has 0 aliphatic heterocycles. The molecule has 0 radical (unpaired) electrons. The second kappa shape index (κ2) is 5.27. The Morgan fingerprint density at radius 1 is 1.11 bits per heavy atom. The van der Waals surface area contributed by atoms with E-state index in [1.807, 2.05) is 0 Å². The lowest BCUT2D eigenvalue weighted by Gasteiger charge is -2.08. The Morgan fingerprint density at radius 3 is 2.33 bits per heavy atom. The summed E-state index contributed by atoms with van der Waals surface area (Å²) < 4.78 is 32.9. The molecule has 0 aliphatic rings. The van der Waals surface area contributed by atoms with Crippen molar-refractivity contribution in [2.75, 3.05) is 0 Å². The average molecular weight is 313 g/mol. The number of benzene rings is 2. The highest BCUT2D eigenvalue weighted by Gasteiger charge is 2.13. The Hall–Kier alpha value is -1.75. The van der Waals surface area contributed by atoms with Crippen LogP contribution < -0.4 is 4.74 Å². The van der Waals surface area contributed by atoms with Crippen molar-refractivity contribution in [3.8, 4) is 11.5 Å². The summed E-state index contributed by atoms with van der Waals surface area (Å²) in [7, 11) is 0. The number of hydrogen-bond acceptors (Lipinski definition) is 2. The fourth-order valence-electron chi connectivity index (χ4n) is 1.39. The number of aldehydes is 1. The summed E-state index contributed by atoms with van der Waals surface area (Å²) in [5.74, 6) is -2.08. The number of halogens is 3. The molecular formula is C13H7BrF2O2. The van der Waals surface area contributed by atoms with Crippen LogP contribution in [0, 0.1) is 11.6 Å². The van der Waals surface area contributed by atoms with Crippen molar-refractivity contribution in [1.29, 1.82) is 0 Å². The summed E-state index contributed by atoms with van der Waals surface area (Å²) in [6.07, 6.45) is 0.370. The fraction of sp³-hybridized carbons (Fsp3) is 0. The summed E-state index contributed by atoms with van der Waals surface area (Å²) in [6, 6.07) is 8.42. The molecule has 18 heavy (non-hydrogen) atoms. The standard InChI is InChI=1S/C13H7BrF2O2/c14-9-2-1-3-10(6-9)18-13-11(15)4-8(7-17)5-12(13)16/h1-7H. The van der Waals surface area contributed by atoms with Crippen LogP contribution in [0.2, 0.25) is 0 Å². The van der Waals surface area contributed by atoms with Gasteiger partial charge in [-0.3, -0.25) is 4.79 Å². The molecule has 0 saturated heterocycles. The van der Waals surface area contributed by atoms with Crippen LogP contribution in [-0.2, 0) is 0 Å². The first-order valence-corrected chi connectivity index (χ1v) is 5.77. The van der Waals surface area contributed by atoms with Crippen LogP contribution in [0.15, 0.2) is 40.9 Å². The van der Waals surface area contributed by atoms with Gasteiger partial charge >= 0.3 is 0 Å². The van der Waals surface area contributed by atoms with Crippen LogP contribution in [-0.4, -0.2) is 6.29 Å².